The molecule has 0 heterocycles. The normalized spacial score (nSPS) is 29.6. The van der Waals surface area contributed by atoms with Crippen molar-refractivity contribution < 1.29 is 0 Å². The van der Waals surface area contributed by atoms with Crippen molar-refractivity contribution in [1.29, 1.82) is 0 Å². The van der Waals surface area contributed by atoms with Crippen molar-refractivity contribution in [3.8, 4) is 0 Å². The molecule has 0 nitrogen and oxygen atoms in total. The first-order valence-electron chi connectivity index (χ1n) is 12.3. The Morgan fingerprint density at radius 1 is 0.741 bits per heavy atom. The molecule has 2 atom stereocenters. The summed E-state index contributed by atoms with van der Waals surface area (Å²) < 4.78 is 0. The van der Waals surface area contributed by atoms with E-state index in [4.69, 9.17) is 0 Å². The molecule has 0 aromatic heterocycles. The van der Waals surface area contributed by atoms with Crippen molar-refractivity contribution in [3.63, 3.8) is 0 Å². The molecule has 0 spiro atoms. The lowest BCUT2D eigenvalue weighted by Crippen LogP contribution is -2.26. The molecule has 0 amide bonds. The van der Waals surface area contributed by atoms with Gasteiger partial charge in [0.25, 0.3) is 0 Å². The molecule has 3 rings (SSSR count). The first-order chi connectivity index (χ1) is 13.2. The SMILES string of the molecule is CCCC(CCC)C1CCC(C2CCCC(c3ccc(C)cc3)CC2)CC1. The first-order valence-corrected chi connectivity index (χ1v) is 12.3. The molecular formula is C27H44. The summed E-state index contributed by atoms with van der Waals surface area (Å²) in [5, 5.41) is 0. The molecular weight excluding hydrogens is 324 g/mol. The van der Waals surface area contributed by atoms with Crippen molar-refractivity contribution >= 4 is 0 Å². The van der Waals surface area contributed by atoms with Gasteiger partial charge in [0, 0.05) is 0 Å². The topological polar surface area (TPSA) is 0 Å². The van der Waals surface area contributed by atoms with Gasteiger partial charge in [-0.2, -0.15) is 0 Å². The molecule has 0 heteroatoms. The summed E-state index contributed by atoms with van der Waals surface area (Å²) in [6.45, 7) is 6.96. The zero-order valence-electron chi connectivity index (χ0n) is 18.4. The highest BCUT2D eigenvalue weighted by molar-refractivity contribution is 5.24. The predicted octanol–water partition coefficient (Wildman–Crippen LogP) is 8.68. The molecule has 0 N–H and O–H groups in total. The Morgan fingerprint density at radius 3 is 1.96 bits per heavy atom. The van der Waals surface area contributed by atoms with Gasteiger partial charge >= 0.3 is 0 Å². The van der Waals surface area contributed by atoms with Crippen LogP contribution < -0.4 is 0 Å². The van der Waals surface area contributed by atoms with Crippen LogP contribution in [-0.4, -0.2) is 0 Å². The molecule has 2 fully saturated rings. The van der Waals surface area contributed by atoms with E-state index in [0.29, 0.717) is 0 Å². The molecule has 0 bridgehead atoms. The van der Waals surface area contributed by atoms with E-state index in [2.05, 4.69) is 45.0 Å². The van der Waals surface area contributed by atoms with Crippen LogP contribution in [0, 0.1) is 30.6 Å². The van der Waals surface area contributed by atoms with Gasteiger partial charge in [-0.3, -0.25) is 0 Å². The molecule has 1 aromatic carbocycles. The summed E-state index contributed by atoms with van der Waals surface area (Å²) in [5.74, 6) is 4.97. The largest absolute Gasteiger partial charge is 0.0654 e. The molecule has 152 valence electrons. The van der Waals surface area contributed by atoms with E-state index in [9.17, 15) is 0 Å². The molecule has 27 heavy (non-hydrogen) atoms. The van der Waals surface area contributed by atoms with E-state index in [1.165, 1.54) is 89.0 Å². The number of rotatable bonds is 7. The lowest BCUT2D eigenvalue weighted by Gasteiger charge is -2.37. The van der Waals surface area contributed by atoms with Crippen molar-refractivity contribution in [2.75, 3.05) is 0 Å². The standard InChI is InChI=1S/C27H44/c1-4-7-22(8-5-2)26-17-19-27(20-18-26)24-10-6-9-23(15-16-24)25-13-11-21(3)12-14-25/h11-14,22-24,26-27H,4-10,15-20H2,1-3H3. The maximum Gasteiger partial charge on any atom is -0.0162 e. The van der Waals surface area contributed by atoms with Gasteiger partial charge in [-0.05, 0) is 87.0 Å². The third-order valence-electron chi connectivity index (χ3n) is 8.03. The fraction of sp³-hybridized carbons (Fsp3) is 0.778. The highest BCUT2D eigenvalue weighted by Gasteiger charge is 2.32. The second kappa shape index (κ2) is 10.7. The molecule has 2 saturated carbocycles. The van der Waals surface area contributed by atoms with Crippen LogP contribution >= 0.6 is 0 Å². The fourth-order valence-electron chi connectivity index (χ4n) is 6.42. The van der Waals surface area contributed by atoms with Crippen molar-refractivity contribution in [1.82, 2.24) is 0 Å². The van der Waals surface area contributed by atoms with E-state index < -0.39 is 0 Å². The van der Waals surface area contributed by atoms with Crippen LogP contribution in [0.3, 0.4) is 0 Å². The van der Waals surface area contributed by atoms with Gasteiger partial charge < -0.3 is 0 Å². The van der Waals surface area contributed by atoms with Gasteiger partial charge in [0.05, 0.1) is 0 Å². The van der Waals surface area contributed by atoms with Gasteiger partial charge in [0.2, 0.25) is 0 Å². The summed E-state index contributed by atoms with van der Waals surface area (Å²) in [6, 6.07) is 9.41. The van der Waals surface area contributed by atoms with Crippen molar-refractivity contribution in [3.05, 3.63) is 35.4 Å². The Hall–Kier alpha value is -0.780. The van der Waals surface area contributed by atoms with E-state index in [1.54, 1.807) is 5.56 Å². The van der Waals surface area contributed by atoms with Crippen molar-refractivity contribution in [2.45, 2.75) is 110 Å². The minimum absolute atomic E-state index is 0.824. The van der Waals surface area contributed by atoms with Gasteiger partial charge in [0.15, 0.2) is 0 Å². The molecule has 0 aliphatic heterocycles. The summed E-state index contributed by atoms with van der Waals surface area (Å²) in [5.41, 5.74) is 3.00. The van der Waals surface area contributed by atoms with E-state index in [-0.39, 0.29) is 0 Å². The number of aryl methyl sites for hydroxylation is 1. The smallest absolute Gasteiger partial charge is 0.0162 e. The number of hydrogen-bond acceptors (Lipinski definition) is 0. The van der Waals surface area contributed by atoms with Gasteiger partial charge in [-0.1, -0.05) is 82.2 Å². The summed E-state index contributed by atoms with van der Waals surface area (Å²) in [4.78, 5) is 0. The summed E-state index contributed by atoms with van der Waals surface area (Å²) in [6.07, 6.45) is 19.2. The maximum absolute atomic E-state index is 2.40. The lowest BCUT2D eigenvalue weighted by atomic mass is 9.69. The third-order valence-corrected chi connectivity index (χ3v) is 8.03. The molecule has 2 aliphatic carbocycles. The van der Waals surface area contributed by atoms with Crippen LogP contribution in [0.1, 0.15) is 114 Å². The van der Waals surface area contributed by atoms with E-state index in [0.717, 1.165) is 29.6 Å². The third kappa shape index (κ3) is 5.85. The van der Waals surface area contributed by atoms with E-state index in [1.807, 2.05) is 0 Å². The molecule has 1 aromatic rings. The minimum Gasteiger partial charge on any atom is -0.0654 e. The van der Waals surface area contributed by atoms with Crippen LogP contribution in [0.15, 0.2) is 24.3 Å². The average molecular weight is 369 g/mol. The van der Waals surface area contributed by atoms with E-state index >= 15 is 0 Å². The Balaban J connectivity index is 1.49. The van der Waals surface area contributed by atoms with Crippen molar-refractivity contribution in [2.24, 2.45) is 23.7 Å². The average Bonchev–Trinajstić information content (AvgIpc) is 2.95. The molecule has 2 aliphatic rings. The predicted molar refractivity (Wildman–Crippen MR) is 119 cm³/mol. The van der Waals surface area contributed by atoms with Gasteiger partial charge in [0.1, 0.15) is 0 Å². The van der Waals surface area contributed by atoms with Crippen LogP contribution in [0.5, 0.6) is 0 Å². The Morgan fingerprint density at radius 2 is 1.33 bits per heavy atom. The minimum atomic E-state index is 0.824. The summed E-state index contributed by atoms with van der Waals surface area (Å²) in [7, 11) is 0. The van der Waals surface area contributed by atoms with Crippen LogP contribution in [0.4, 0.5) is 0 Å². The maximum atomic E-state index is 2.40. The lowest BCUT2D eigenvalue weighted by molar-refractivity contribution is 0.143. The van der Waals surface area contributed by atoms with Crippen LogP contribution in [0.2, 0.25) is 0 Å². The molecule has 2 unspecified atom stereocenters. The highest BCUT2D eigenvalue weighted by Crippen LogP contribution is 2.44. The van der Waals surface area contributed by atoms with Gasteiger partial charge in [-0.15, -0.1) is 0 Å². The van der Waals surface area contributed by atoms with Gasteiger partial charge in [-0.25, -0.2) is 0 Å². The Labute approximate surface area is 169 Å². The second-order valence-electron chi connectivity index (χ2n) is 9.89. The van der Waals surface area contributed by atoms with Crippen LogP contribution in [0.25, 0.3) is 0 Å². The number of benzene rings is 1. The second-order valence-corrected chi connectivity index (χ2v) is 9.89. The monoisotopic (exact) mass is 368 g/mol. The first kappa shape index (κ1) is 20.9. The fourth-order valence-corrected chi connectivity index (χ4v) is 6.42. The number of hydrogen-bond donors (Lipinski definition) is 0. The zero-order chi connectivity index (χ0) is 19.1. The van der Waals surface area contributed by atoms with Crippen LogP contribution in [-0.2, 0) is 0 Å². The Bertz CT molecular complexity index is 513. The quantitative estimate of drug-likeness (QED) is 0.422. The molecule has 0 radical (unpaired) electrons. The Kier molecular flexibility index (Phi) is 8.28. The highest BCUT2D eigenvalue weighted by atomic mass is 14.4. The summed E-state index contributed by atoms with van der Waals surface area (Å²) >= 11 is 0. The molecule has 0 saturated heterocycles. The zero-order valence-corrected chi connectivity index (χ0v) is 18.4.